The highest BCUT2D eigenvalue weighted by Gasteiger charge is 2.42. The lowest BCUT2D eigenvalue weighted by molar-refractivity contribution is -0.146. The maximum Gasteiger partial charge on any atom is 0.254 e. The molecule has 0 saturated carbocycles. The van der Waals surface area contributed by atoms with Gasteiger partial charge in [-0.3, -0.25) is 14.4 Å². The Morgan fingerprint density at radius 3 is 2.45 bits per heavy atom. The molecule has 0 bridgehead atoms. The molecule has 1 saturated heterocycles. The van der Waals surface area contributed by atoms with E-state index in [1.165, 1.54) is 17.0 Å². The lowest BCUT2D eigenvalue weighted by Crippen LogP contribution is -2.55. The monoisotopic (exact) mass is 609 g/mol. The Balaban J connectivity index is 1.52. The Morgan fingerprint density at radius 1 is 1.02 bits per heavy atom. The molecule has 1 aliphatic rings. The number of nitrogens with zero attached hydrogens (tertiary/aromatic N) is 1. The van der Waals surface area contributed by atoms with Crippen LogP contribution in [0.3, 0.4) is 0 Å². The number of aromatic hydroxyl groups is 1. The number of amides is 3. The van der Waals surface area contributed by atoms with E-state index < -0.39 is 42.0 Å². The normalized spacial score (nSPS) is 18.1. The number of likely N-dealkylation sites (tertiary alicyclic amines) is 1. The Kier molecular flexibility index (Phi) is 9.57. The number of phenols is 1. The quantitative estimate of drug-likeness (QED) is 0.252. The van der Waals surface area contributed by atoms with Gasteiger partial charge in [-0.15, -0.1) is 0 Å². The first-order chi connectivity index (χ1) is 19.2. The van der Waals surface area contributed by atoms with Gasteiger partial charge in [0, 0.05) is 35.1 Å². The van der Waals surface area contributed by atoms with Crippen LogP contribution >= 0.6 is 15.9 Å². The van der Waals surface area contributed by atoms with E-state index in [9.17, 15) is 29.7 Å². The summed E-state index contributed by atoms with van der Waals surface area (Å²) in [4.78, 5) is 41.0. The van der Waals surface area contributed by atoms with Crippen molar-refractivity contribution in [2.24, 2.45) is 0 Å². The molecule has 3 aromatic carbocycles. The minimum atomic E-state index is -1.70. The van der Waals surface area contributed by atoms with Crippen molar-refractivity contribution in [1.82, 2.24) is 15.5 Å². The van der Waals surface area contributed by atoms with Crippen LogP contribution in [0.15, 0.2) is 77.3 Å². The zero-order valence-corrected chi connectivity index (χ0v) is 23.5. The molecular weight excluding hydrogens is 578 g/mol. The van der Waals surface area contributed by atoms with Crippen molar-refractivity contribution in [3.8, 4) is 5.75 Å². The lowest BCUT2D eigenvalue weighted by Gasteiger charge is -2.30. The van der Waals surface area contributed by atoms with Crippen LogP contribution in [-0.2, 0) is 22.6 Å². The van der Waals surface area contributed by atoms with E-state index in [4.69, 9.17) is 0 Å². The van der Waals surface area contributed by atoms with Crippen LogP contribution in [-0.4, -0.2) is 68.8 Å². The fourth-order valence-electron chi connectivity index (χ4n) is 4.82. The van der Waals surface area contributed by atoms with Gasteiger partial charge in [-0.1, -0.05) is 70.5 Å². The van der Waals surface area contributed by atoms with Gasteiger partial charge in [0.15, 0.2) is 6.10 Å². The molecule has 1 heterocycles. The molecular formula is C30H32BrN3O6. The van der Waals surface area contributed by atoms with Gasteiger partial charge >= 0.3 is 0 Å². The molecule has 0 aliphatic carbocycles. The Morgan fingerprint density at radius 2 is 1.73 bits per heavy atom. The van der Waals surface area contributed by atoms with Crippen LogP contribution in [0.4, 0.5) is 0 Å². The van der Waals surface area contributed by atoms with E-state index in [0.29, 0.717) is 5.56 Å². The molecule has 4 rings (SSSR count). The Labute approximate surface area is 241 Å². The smallest absolute Gasteiger partial charge is 0.254 e. The number of halogens is 1. The van der Waals surface area contributed by atoms with E-state index in [1.54, 1.807) is 13.0 Å². The molecule has 10 heteroatoms. The summed E-state index contributed by atoms with van der Waals surface area (Å²) in [5.41, 5.74) is 2.19. The molecule has 0 spiro atoms. The van der Waals surface area contributed by atoms with Gasteiger partial charge in [0.05, 0.1) is 12.1 Å². The maximum absolute atomic E-state index is 13.6. The number of aliphatic hydroxyl groups excluding tert-OH is 2. The minimum absolute atomic E-state index is 0.0262. The second-order valence-electron chi connectivity index (χ2n) is 9.87. The van der Waals surface area contributed by atoms with Crippen molar-refractivity contribution < 1.29 is 29.7 Å². The summed E-state index contributed by atoms with van der Waals surface area (Å²) >= 11 is 3.44. The zero-order valence-electron chi connectivity index (χ0n) is 22.0. The van der Waals surface area contributed by atoms with Gasteiger partial charge in [0.1, 0.15) is 11.8 Å². The molecule has 3 amide bonds. The number of carbonyl (C=O) groups is 3. The second-order valence-corrected chi connectivity index (χ2v) is 10.7. The number of rotatable bonds is 9. The first-order valence-corrected chi connectivity index (χ1v) is 13.8. The van der Waals surface area contributed by atoms with Gasteiger partial charge in [-0.05, 0) is 42.7 Å². The van der Waals surface area contributed by atoms with Crippen molar-refractivity contribution in [3.05, 3.63) is 99.5 Å². The summed E-state index contributed by atoms with van der Waals surface area (Å²) in [6.07, 6.45) is -2.48. The Bertz CT molecular complexity index is 1370. The predicted octanol–water partition coefficient (Wildman–Crippen LogP) is 2.44. The van der Waals surface area contributed by atoms with Crippen LogP contribution in [0.25, 0.3) is 0 Å². The largest absolute Gasteiger partial charge is 0.508 e. The van der Waals surface area contributed by atoms with Crippen molar-refractivity contribution in [1.29, 1.82) is 0 Å². The van der Waals surface area contributed by atoms with E-state index >= 15 is 0 Å². The maximum atomic E-state index is 13.6. The number of benzene rings is 3. The summed E-state index contributed by atoms with van der Waals surface area (Å²) < 4.78 is 0.826. The summed E-state index contributed by atoms with van der Waals surface area (Å²) in [7, 11) is 0. The highest BCUT2D eigenvalue weighted by atomic mass is 79.9. The lowest BCUT2D eigenvalue weighted by atomic mass is 9.98. The van der Waals surface area contributed by atoms with Crippen molar-refractivity contribution >= 4 is 33.7 Å². The van der Waals surface area contributed by atoms with Gasteiger partial charge in [-0.25, -0.2) is 0 Å². The summed E-state index contributed by atoms with van der Waals surface area (Å²) in [6, 6.07) is 19.0. The third kappa shape index (κ3) is 6.88. The van der Waals surface area contributed by atoms with Gasteiger partial charge in [0.25, 0.3) is 11.8 Å². The molecule has 5 N–H and O–H groups in total. The van der Waals surface area contributed by atoms with Crippen LogP contribution in [0.5, 0.6) is 5.75 Å². The second kappa shape index (κ2) is 13.1. The fraction of sp³-hybridized carbons (Fsp3) is 0.300. The number of carbonyl (C=O) groups excluding carboxylic acids is 3. The molecule has 3 aromatic rings. The number of aliphatic hydroxyl groups is 2. The van der Waals surface area contributed by atoms with Gasteiger partial charge < -0.3 is 30.9 Å². The molecule has 1 fully saturated rings. The average molecular weight is 611 g/mol. The van der Waals surface area contributed by atoms with Gasteiger partial charge in [-0.2, -0.15) is 0 Å². The molecule has 0 radical (unpaired) electrons. The molecule has 0 aromatic heterocycles. The molecule has 4 atom stereocenters. The van der Waals surface area contributed by atoms with Crippen LogP contribution in [0.1, 0.15) is 33.5 Å². The van der Waals surface area contributed by atoms with E-state index in [-0.39, 0.29) is 37.2 Å². The Hall–Kier alpha value is -3.73. The third-order valence-corrected chi connectivity index (χ3v) is 7.85. The minimum Gasteiger partial charge on any atom is -0.508 e. The van der Waals surface area contributed by atoms with Crippen molar-refractivity contribution in [2.75, 3.05) is 6.54 Å². The zero-order chi connectivity index (χ0) is 28.8. The van der Waals surface area contributed by atoms with Gasteiger partial charge in [0.2, 0.25) is 5.91 Å². The van der Waals surface area contributed by atoms with Crippen LogP contribution < -0.4 is 10.6 Å². The van der Waals surface area contributed by atoms with E-state index in [2.05, 4.69) is 26.6 Å². The first-order valence-electron chi connectivity index (χ1n) is 13.0. The van der Waals surface area contributed by atoms with Crippen molar-refractivity contribution in [3.63, 3.8) is 0 Å². The number of hydrogen-bond donors (Lipinski definition) is 5. The molecule has 1 aliphatic heterocycles. The van der Waals surface area contributed by atoms with E-state index in [1.807, 2.05) is 54.6 Å². The standard InChI is InChI=1S/C30H32BrN3O6/c1-18-22(11-7-13-26(18)36)28(38)33-24(14-19-8-3-2-4-9-19)27(37)30(40)34-17-21(35)15-25(34)29(39)32-16-20-10-5-6-12-23(20)31/h2-13,21,24-25,27,35-37H,14-17H2,1H3,(H,32,39)(H,33,38). The summed E-state index contributed by atoms with van der Waals surface area (Å²) in [6.45, 7) is 1.69. The molecule has 40 heavy (non-hydrogen) atoms. The van der Waals surface area contributed by atoms with Crippen LogP contribution in [0.2, 0.25) is 0 Å². The van der Waals surface area contributed by atoms with Crippen LogP contribution in [0, 0.1) is 6.92 Å². The number of phenolic OH excluding ortho intramolecular Hbond substituents is 1. The third-order valence-electron chi connectivity index (χ3n) is 7.07. The first kappa shape index (κ1) is 29.3. The van der Waals surface area contributed by atoms with Crippen molar-refractivity contribution in [2.45, 2.75) is 50.6 Å². The SMILES string of the molecule is Cc1c(O)cccc1C(=O)NC(Cc1ccccc1)C(O)C(=O)N1CC(O)CC1C(=O)NCc1ccccc1Br. The molecule has 4 unspecified atom stereocenters. The topological polar surface area (TPSA) is 139 Å². The fourth-order valence-corrected chi connectivity index (χ4v) is 5.24. The summed E-state index contributed by atoms with van der Waals surface area (Å²) in [5, 5.41) is 37.2. The highest BCUT2D eigenvalue weighted by molar-refractivity contribution is 9.10. The molecule has 9 nitrogen and oxygen atoms in total. The van der Waals surface area contributed by atoms with E-state index in [0.717, 1.165) is 15.6 Å². The molecule has 210 valence electrons. The number of nitrogens with one attached hydrogen (secondary N) is 2. The summed E-state index contributed by atoms with van der Waals surface area (Å²) in [5.74, 6) is -1.84. The predicted molar refractivity (Wildman–Crippen MR) is 152 cm³/mol. The average Bonchev–Trinajstić information content (AvgIpc) is 3.35. The highest BCUT2D eigenvalue weighted by Crippen LogP contribution is 2.23. The number of hydrogen-bond acceptors (Lipinski definition) is 6. The number of β-amino-alcohol motifs (C(OH)–C–C–N with tert-alkyl or cyclic N) is 1.